The predicted molar refractivity (Wildman–Crippen MR) is 143 cm³/mol. The Morgan fingerprint density at radius 2 is 1.60 bits per heavy atom. The van der Waals surface area contributed by atoms with E-state index in [1.807, 2.05) is 0 Å². The number of aliphatic carboxylic acids is 1. The molecule has 1 heterocycles. The molecule has 194 valence electrons. The van der Waals surface area contributed by atoms with Crippen molar-refractivity contribution in [2.45, 2.75) is 109 Å². The second kappa shape index (κ2) is 14.2. The van der Waals surface area contributed by atoms with Crippen LogP contribution in [-0.2, 0) is 20.8 Å². The van der Waals surface area contributed by atoms with Crippen LogP contribution in [-0.4, -0.2) is 46.0 Å². The van der Waals surface area contributed by atoms with E-state index < -0.39 is 12.0 Å². The molecule has 2 aliphatic carbocycles. The molecule has 0 aromatic heterocycles. The molecule has 1 aliphatic heterocycles. The highest BCUT2D eigenvalue weighted by molar-refractivity contribution is 8.13. The van der Waals surface area contributed by atoms with Crippen LogP contribution in [0.15, 0.2) is 18.2 Å². The fraction of sp³-hybridized carbons (Fsp3) is 0.667. The Morgan fingerprint density at radius 1 is 1.00 bits per heavy atom. The molecule has 8 heteroatoms. The van der Waals surface area contributed by atoms with Gasteiger partial charge in [0.1, 0.15) is 6.04 Å². The van der Waals surface area contributed by atoms with E-state index in [1.165, 1.54) is 76.0 Å². The number of benzene rings is 1. The lowest BCUT2D eigenvalue weighted by atomic mass is 9.91. The van der Waals surface area contributed by atoms with Crippen LogP contribution < -0.4 is 10.2 Å². The van der Waals surface area contributed by atoms with E-state index >= 15 is 0 Å². The number of fused-ring (bicyclic) bond motifs is 1. The van der Waals surface area contributed by atoms with Crippen molar-refractivity contribution >= 4 is 46.0 Å². The van der Waals surface area contributed by atoms with E-state index in [-0.39, 0.29) is 17.4 Å². The topological polar surface area (TPSA) is 86.7 Å². The standard InChI is InChI=1S/C15H16ClNO4S.C12H23N/c1-9(18)22-7-6-14(19)17-12-5-3-11(16)8-10(12)2-4-13(17)15(20)21;1-3-7-11(8-4-1)13-12-9-5-2-6-10-12/h3,5,8,13H,2,4,6-7H2,1H3,(H,20,21);11-13H,1-10H2. The number of carbonyl (C=O) groups is 3. The first-order chi connectivity index (χ1) is 16.8. The van der Waals surface area contributed by atoms with Gasteiger partial charge in [0.2, 0.25) is 5.91 Å². The highest BCUT2D eigenvalue weighted by atomic mass is 35.5. The molecule has 1 unspecified atom stereocenters. The van der Waals surface area contributed by atoms with E-state index in [1.54, 1.807) is 18.2 Å². The zero-order chi connectivity index (χ0) is 25.2. The second-order valence-corrected chi connectivity index (χ2v) is 11.6. The molecule has 35 heavy (non-hydrogen) atoms. The van der Waals surface area contributed by atoms with E-state index in [0.717, 1.165) is 29.4 Å². The zero-order valence-corrected chi connectivity index (χ0v) is 22.3. The number of carbonyl (C=O) groups excluding carboxylic acids is 2. The highest BCUT2D eigenvalue weighted by Crippen LogP contribution is 2.33. The maximum atomic E-state index is 12.4. The largest absolute Gasteiger partial charge is 0.480 e. The Bertz CT molecular complexity index is 853. The lowest BCUT2D eigenvalue weighted by Gasteiger charge is -2.35. The number of carboxylic acid groups (broad SMARTS) is 1. The monoisotopic (exact) mass is 522 g/mol. The zero-order valence-electron chi connectivity index (χ0n) is 20.8. The van der Waals surface area contributed by atoms with Crippen molar-refractivity contribution < 1.29 is 19.5 Å². The summed E-state index contributed by atoms with van der Waals surface area (Å²) in [5.74, 6) is -0.961. The molecule has 2 N–H and O–H groups in total. The fourth-order valence-electron chi connectivity index (χ4n) is 5.39. The maximum Gasteiger partial charge on any atom is 0.326 e. The van der Waals surface area contributed by atoms with Crippen molar-refractivity contribution in [3.63, 3.8) is 0 Å². The van der Waals surface area contributed by atoms with Crippen LogP contribution >= 0.6 is 23.4 Å². The Morgan fingerprint density at radius 3 is 2.14 bits per heavy atom. The molecule has 2 fully saturated rings. The number of carboxylic acids is 1. The third kappa shape index (κ3) is 8.80. The molecule has 0 saturated heterocycles. The lowest BCUT2D eigenvalue weighted by Crippen LogP contribution is -2.48. The number of amides is 1. The van der Waals surface area contributed by atoms with E-state index in [9.17, 15) is 19.5 Å². The number of aryl methyl sites for hydroxylation is 1. The molecular weight excluding hydrogens is 484 g/mol. The van der Waals surface area contributed by atoms with E-state index in [2.05, 4.69) is 5.32 Å². The molecule has 0 radical (unpaired) electrons. The highest BCUT2D eigenvalue weighted by Gasteiger charge is 2.35. The van der Waals surface area contributed by atoms with Crippen LogP contribution in [0.4, 0.5) is 5.69 Å². The molecule has 1 aromatic carbocycles. The smallest absolute Gasteiger partial charge is 0.326 e. The third-order valence-corrected chi connectivity index (χ3v) is 8.21. The average molecular weight is 523 g/mol. The summed E-state index contributed by atoms with van der Waals surface area (Å²) in [5.41, 5.74) is 1.47. The van der Waals surface area contributed by atoms with Crippen molar-refractivity contribution in [3.05, 3.63) is 28.8 Å². The molecule has 1 atom stereocenters. The normalized spacial score (nSPS) is 21.0. The molecule has 3 aliphatic rings. The van der Waals surface area contributed by atoms with Gasteiger partial charge in [0, 0.05) is 41.9 Å². The summed E-state index contributed by atoms with van der Waals surface area (Å²) in [5, 5.41) is 13.7. The summed E-state index contributed by atoms with van der Waals surface area (Å²) < 4.78 is 0. The van der Waals surface area contributed by atoms with Gasteiger partial charge < -0.3 is 10.4 Å². The van der Waals surface area contributed by atoms with Crippen molar-refractivity contribution in [3.8, 4) is 0 Å². The van der Waals surface area contributed by atoms with Gasteiger partial charge in [-0.1, -0.05) is 61.9 Å². The van der Waals surface area contributed by atoms with Crippen LogP contribution in [0.25, 0.3) is 0 Å². The van der Waals surface area contributed by atoms with Crippen molar-refractivity contribution in [2.24, 2.45) is 0 Å². The Labute approximate surface area is 218 Å². The van der Waals surface area contributed by atoms with Gasteiger partial charge in [-0.05, 0) is 62.3 Å². The minimum Gasteiger partial charge on any atom is -0.480 e. The minimum absolute atomic E-state index is 0.0617. The predicted octanol–water partition coefficient (Wildman–Crippen LogP) is 5.98. The molecule has 2 saturated carbocycles. The van der Waals surface area contributed by atoms with Crippen molar-refractivity contribution in [1.82, 2.24) is 5.32 Å². The van der Waals surface area contributed by atoms with Gasteiger partial charge in [-0.3, -0.25) is 14.5 Å². The van der Waals surface area contributed by atoms with Gasteiger partial charge in [-0.25, -0.2) is 4.79 Å². The van der Waals surface area contributed by atoms with Gasteiger partial charge in [0.05, 0.1) is 0 Å². The lowest BCUT2D eigenvalue weighted by molar-refractivity contribution is -0.140. The summed E-state index contributed by atoms with van der Waals surface area (Å²) in [4.78, 5) is 36.2. The SMILES string of the molecule is C1CCC(NC2CCCCC2)CC1.CC(=O)SCCC(=O)N1c2ccc(Cl)cc2CCC1C(=O)O. The van der Waals surface area contributed by atoms with Gasteiger partial charge in [-0.15, -0.1) is 0 Å². The van der Waals surface area contributed by atoms with Crippen LogP contribution in [0.3, 0.4) is 0 Å². The van der Waals surface area contributed by atoms with Gasteiger partial charge in [0.15, 0.2) is 5.12 Å². The summed E-state index contributed by atoms with van der Waals surface area (Å²) in [6.45, 7) is 1.44. The van der Waals surface area contributed by atoms with E-state index in [0.29, 0.717) is 29.3 Å². The molecule has 1 aromatic rings. The summed E-state index contributed by atoms with van der Waals surface area (Å²) in [6, 6.07) is 5.97. The second-order valence-electron chi connectivity index (χ2n) is 9.86. The third-order valence-electron chi connectivity index (χ3n) is 7.16. The summed E-state index contributed by atoms with van der Waals surface area (Å²) in [7, 11) is 0. The molecule has 6 nitrogen and oxygen atoms in total. The molecule has 0 spiro atoms. The van der Waals surface area contributed by atoms with Crippen LogP contribution in [0.5, 0.6) is 0 Å². The van der Waals surface area contributed by atoms with Gasteiger partial charge in [-0.2, -0.15) is 0 Å². The minimum atomic E-state index is -1.02. The Balaban J connectivity index is 0.000000223. The van der Waals surface area contributed by atoms with Crippen LogP contribution in [0.1, 0.15) is 89.5 Å². The number of hydrogen-bond acceptors (Lipinski definition) is 5. The molecule has 0 bridgehead atoms. The maximum absolute atomic E-state index is 12.4. The summed E-state index contributed by atoms with van der Waals surface area (Å²) >= 11 is 7.02. The number of hydrogen-bond donors (Lipinski definition) is 2. The summed E-state index contributed by atoms with van der Waals surface area (Å²) in [6.07, 6.45) is 15.6. The number of nitrogens with zero attached hydrogens (tertiary/aromatic N) is 1. The first-order valence-electron chi connectivity index (χ1n) is 13.1. The first-order valence-corrected chi connectivity index (χ1v) is 14.4. The van der Waals surface area contributed by atoms with Gasteiger partial charge in [0.25, 0.3) is 0 Å². The quantitative estimate of drug-likeness (QED) is 0.477. The number of rotatable bonds is 6. The number of halogens is 1. The van der Waals surface area contributed by atoms with Crippen molar-refractivity contribution in [1.29, 1.82) is 0 Å². The first kappa shape index (κ1) is 28.0. The van der Waals surface area contributed by atoms with Gasteiger partial charge >= 0.3 is 5.97 Å². The Hall–Kier alpha value is -1.57. The van der Waals surface area contributed by atoms with Crippen LogP contribution in [0.2, 0.25) is 5.02 Å². The molecule has 4 rings (SSSR count). The number of anilines is 1. The Kier molecular flexibility index (Phi) is 11.4. The van der Waals surface area contributed by atoms with Crippen LogP contribution in [0, 0.1) is 0 Å². The number of nitrogens with one attached hydrogen (secondary N) is 1. The fourth-order valence-corrected chi connectivity index (χ4v) is 6.15. The average Bonchev–Trinajstić information content (AvgIpc) is 2.84. The van der Waals surface area contributed by atoms with Crippen molar-refractivity contribution in [2.75, 3.05) is 10.7 Å². The number of thioether (sulfide) groups is 1. The molecule has 1 amide bonds. The van der Waals surface area contributed by atoms with E-state index in [4.69, 9.17) is 11.6 Å². The molecular formula is C27H39ClN2O4S.